The maximum atomic E-state index is 10.6. The Bertz CT molecular complexity index is 627. The molecule has 0 spiro atoms. The molecule has 0 unspecified atom stereocenters. The topological polar surface area (TPSA) is 50.2 Å². The van der Waals surface area contributed by atoms with Crippen LogP contribution >= 0.6 is 34.8 Å². The van der Waals surface area contributed by atoms with Gasteiger partial charge in [-0.2, -0.15) is 0 Å². The zero-order valence-corrected chi connectivity index (χ0v) is 11.8. The monoisotopic (exact) mass is 315 g/mol. The summed E-state index contributed by atoms with van der Waals surface area (Å²) in [7, 11) is 0. The highest BCUT2D eigenvalue weighted by atomic mass is 35.5. The highest BCUT2D eigenvalue weighted by molar-refractivity contribution is 6.45. The molecule has 3 nitrogen and oxygen atoms in total. The molecule has 0 saturated heterocycles. The zero-order valence-electron chi connectivity index (χ0n) is 9.53. The van der Waals surface area contributed by atoms with Crippen molar-refractivity contribution in [3.63, 3.8) is 0 Å². The molecular formula is C13H8Cl3NO2. The summed E-state index contributed by atoms with van der Waals surface area (Å²) in [5.74, 6) is -0.904. The molecule has 1 heterocycles. The van der Waals surface area contributed by atoms with Crippen LogP contribution in [0.2, 0.25) is 15.1 Å². The number of rotatable bonds is 3. The number of carboxylic acid groups (broad SMARTS) is 1. The van der Waals surface area contributed by atoms with Crippen molar-refractivity contribution < 1.29 is 9.90 Å². The van der Waals surface area contributed by atoms with Crippen LogP contribution in [0.5, 0.6) is 0 Å². The van der Waals surface area contributed by atoms with Gasteiger partial charge in [-0.3, -0.25) is 9.78 Å². The lowest BCUT2D eigenvalue weighted by Gasteiger charge is -2.07. The number of pyridine rings is 1. The fourth-order valence-corrected chi connectivity index (χ4v) is 2.30. The summed E-state index contributed by atoms with van der Waals surface area (Å²) >= 11 is 18.0. The van der Waals surface area contributed by atoms with Gasteiger partial charge in [-0.15, -0.1) is 0 Å². The molecule has 0 saturated carbocycles. The molecule has 0 aliphatic carbocycles. The molecule has 1 aromatic heterocycles. The van der Waals surface area contributed by atoms with Gasteiger partial charge in [-0.25, -0.2) is 0 Å². The summed E-state index contributed by atoms with van der Waals surface area (Å²) in [5, 5.41) is 9.86. The van der Waals surface area contributed by atoms with E-state index in [4.69, 9.17) is 39.9 Å². The molecule has 2 rings (SSSR count). The Morgan fingerprint density at radius 3 is 2.53 bits per heavy atom. The van der Waals surface area contributed by atoms with E-state index in [1.54, 1.807) is 24.3 Å². The highest BCUT2D eigenvalue weighted by Crippen LogP contribution is 2.35. The Kier molecular flexibility index (Phi) is 4.30. The van der Waals surface area contributed by atoms with Crippen LogP contribution in [0.1, 0.15) is 5.56 Å². The Morgan fingerprint density at radius 1 is 1.21 bits per heavy atom. The number of benzene rings is 1. The van der Waals surface area contributed by atoms with Crippen molar-refractivity contribution in [2.45, 2.75) is 6.42 Å². The molecule has 0 atom stereocenters. The summed E-state index contributed by atoms with van der Waals surface area (Å²) in [6.07, 6.45) is 1.42. The minimum absolute atomic E-state index is 0.0721. The van der Waals surface area contributed by atoms with E-state index in [0.717, 1.165) is 0 Å². The normalized spacial score (nSPS) is 10.5. The lowest BCUT2D eigenvalue weighted by atomic mass is 10.1. The smallest absolute Gasteiger partial charge is 0.307 e. The van der Waals surface area contributed by atoms with Gasteiger partial charge >= 0.3 is 5.97 Å². The fraction of sp³-hybridized carbons (Fsp3) is 0.0769. The number of nitrogens with zero attached hydrogens (tertiary/aromatic N) is 1. The van der Waals surface area contributed by atoms with Crippen LogP contribution in [0.4, 0.5) is 0 Å². The van der Waals surface area contributed by atoms with E-state index < -0.39 is 5.97 Å². The second-order valence-corrected chi connectivity index (χ2v) is 5.09. The Labute approximate surface area is 124 Å². The molecule has 0 fully saturated rings. The third-order valence-corrected chi connectivity index (χ3v) is 3.47. The van der Waals surface area contributed by atoms with E-state index in [2.05, 4.69) is 4.98 Å². The molecule has 1 aromatic carbocycles. The lowest BCUT2D eigenvalue weighted by molar-refractivity contribution is -0.136. The Balaban J connectivity index is 2.40. The van der Waals surface area contributed by atoms with E-state index in [1.165, 1.54) is 6.20 Å². The third kappa shape index (κ3) is 3.38. The first-order chi connectivity index (χ1) is 8.97. The number of aliphatic carboxylic acids is 1. The van der Waals surface area contributed by atoms with Gasteiger partial charge in [0, 0.05) is 16.8 Å². The second kappa shape index (κ2) is 5.78. The van der Waals surface area contributed by atoms with E-state index >= 15 is 0 Å². The number of halogens is 3. The summed E-state index contributed by atoms with van der Waals surface area (Å²) in [6.45, 7) is 0. The van der Waals surface area contributed by atoms with Crippen LogP contribution in [0.25, 0.3) is 11.3 Å². The van der Waals surface area contributed by atoms with Crippen molar-refractivity contribution in [1.82, 2.24) is 4.98 Å². The first-order valence-electron chi connectivity index (χ1n) is 5.29. The fourth-order valence-electron chi connectivity index (χ4n) is 1.61. The molecule has 2 aromatic rings. The first-order valence-corrected chi connectivity index (χ1v) is 6.42. The molecule has 6 heteroatoms. The van der Waals surface area contributed by atoms with Gasteiger partial charge in [0.1, 0.15) is 0 Å². The number of carbonyl (C=O) groups is 1. The average Bonchev–Trinajstić information content (AvgIpc) is 2.34. The lowest BCUT2D eigenvalue weighted by Crippen LogP contribution is -2.00. The SMILES string of the molecule is O=C(O)Cc1ccc(-c2cc(Cl)cc(Cl)c2Cl)nc1. The number of carboxylic acids is 1. The number of aromatic nitrogens is 1. The molecule has 0 amide bonds. The van der Waals surface area contributed by atoms with E-state index in [0.29, 0.717) is 31.9 Å². The van der Waals surface area contributed by atoms with E-state index in [9.17, 15) is 4.79 Å². The Morgan fingerprint density at radius 2 is 1.95 bits per heavy atom. The van der Waals surface area contributed by atoms with Crippen molar-refractivity contribution in [3.8, 4) is 11.3 Å². The molecule has 19 heavy (non-hydrogen) atoms. The van der Waals surface area contributed by atoms with Gasteiger partial charge in [0.25, 0.3) is 0 Å². The minimum atomic E-state index is -0.904. The summed E-state index contributed by atoms with van der Waals surface area (Å²) in [4.78, 5) is 14.8. The summed E-state index contributed by atoms with van der Waals surface area (Å²) in [5.41, 5.74) is 1.81. The van der Waals surface area contributed by atoms with Gasteiger partial charge in [-0.1, -0.05) is 40.9 Å². The van der Waals surface area contributed by atoms with Crippen LogP contribution in [0.3, 0.4) is 0 Å². The first kappa shape index (κ1) is 14.1. The highest BCUT2D eigenvalue weighted by Gasteiger charge is 2.10. The standard InChI is InChI=1S/C13H8Cl3NO2/c14-8-4-9(13(16)10(15)5-8)11-2-1-7(6-17-11)3-12(18)19/h1-2,4-6H,3H2,(H,18,19). The van der Waals surface area contributed by atoms with E-state index in [1.807, 2.05) is 0 Å². The molecule has 98 valence electrons. The van der Waals surface area contributed by atoms with Gasteiger partial charge in [0.2, 0.25) is 0 Å². The molecule has 0 aliphatic rings. The Hall–Kier alpha value is -1.29. The zero-order chi connectivity index (χ0) is 14.0. The van der Waals surface area contributed by atoms with Crippen LogP contribution in [0.15, 0.2) is 30.5 Å². The molecule has 0 bridgehead atoms. The van der Waals surface area contributed by atoms with E-state index in [-0.39, 0.29) is 6.42 Å². The predicted octanol–water partition coefficient (Wildman–Crippen LogP) is 4.34. The maximum Gasteiger partial charge on any atom is 0.307 e. The summed E-state index contributed by atoms with van der Waals surface area (Å²) < 4.78 is 0. The second-order valence-electron chi connectivity index (χ2n) is 3.87. The summed E-state index contributed by atoms with van der Waals surface area (Å²) in [6, 6.07) is 6.58. The molecule has 0 radical (unpaired) electrons. The van der Waals surface area contributed by atoms with Crippen LogP contribution in [-0.4, -0.2) is 16.1 Å². The van der Waals surface area contributed by atoms with Gasteiger partial charge in [0.05, 0.1) is 22.2 Å². The predicted molar refractivity (Wildman–Crippen MR) is 76.0 cm³/mol. The average molecular weight is 317 g/mol. The minimum Gasteiger partial charge on any atom is -0.481 e. The number of hydrogen-bond acceptors (Lipinski definition) is 2. The quantitative estimate of drug-likeness (QED) is 0.857. The van der Waals surface area contributed by atoms with Crippen LogP contribution < -0.4 is 0 Å². The van der Waals surface area contributed by atoms with Crippen molar-refractivity contribution >= 4 is 40.8 Å². The van der Waals surface area contributed by atoms with Crippen molar-refractivity contribution in [2.75, 3.05) is 0 Å². The largest absolute Gasteiger partial charge is 0.481 e. The van der Waals surface area contributed by atoms with Crippen molar-refractivity contribution in [1.29, 1.82) is 0 Å². The maximum absolute atomic E-state index is 10.6. The molecule has 1 N–H and O–H groups in total. The van der Waals surface area contributed by atoms with Gasteiger partial charge < -0.3 is 5.11 Å². The van der Waals surface area contributed by atoms with Gasteiger partial charge in [-0.05, 0) is 23.8 Å². The van der Waals surface area contributed by atoms with Crippen LogP contribution in [-0.2, 0) is 11.2 Å². The third-order valence-electron chi connectivity index (χ3n) is 2.45. The molecular weight excluding hydrogens is 309 g/mol. The van der Waals surface area contributed by atoms with Gasteiger partial charge in [0.15, 0.2) is 0 Å². The van der Waals surface area contributed by atoms with Crippen LogP contribution in [0, 0.1) is 0 Å². The van der Waals surface area contributed by atoms with Crippen molar-refractivity contribution in [2.24, 2.45) is 0 Å². The number of hydrogen-bond donors (Lipinski definition) is 1. The van der Waals surface area contributed by atoms with Crippen molar-refractivity contribution in [3.05, 3.63) is 51.1 Å². The molecule has 0 aliphatic heterocycles.